The smallest absolute Gasteiger partial charge is 0.306 e. The Balaban J connectivity index is 1.73. The largest absolute Gasteiger partial charge is 0.481 e. The van der Waals surface area contributed by atoms with Crippen molar-refractivity contribution in [3.63, 3.8) is 0 Å². The summed E-state index contributed by atoms with van der Waals surface area (Å²) in [4.78, 5) is 24.5. The van der Waals surface area contributed by atoms with Crippen molar-refractivity contribution >= 4 is 17.6 Å². The molecule has 6 heteroatoms. The Morgan fingerprint density at radius 3 is 2.56 bits per heavy atom. The average molecular weight is 340 g/mol. The molecule has 1 aliphatic rings. The zero-order chi connectivity index (χ0) is 17.8. The van der Waals surface area contributed by atoms with Crippen LogP contribution in [0.1, 0.15) is 24.2 Å². The maximum absolute atomic E-state index is 11.1. The summed E-state index contributed by atoms with van der Waals surface area (Å²) in [5.41, 5.74) is 1.23. The fourth-order valence-corrected chi connectivity index (χ4v) is 3.19. The summed E-state index contributed by atoms with van der Waals surface area (Å²) >= 11 is 0. The van der Waals surface area contributed by atoms with E-state index in [1.807, 2.05) is 38.2 Å². The molecular weight excluding hydrogens is 316 g/mol. The Morgan fingerprint density at radius 1 is 1.24 bits per heavy atom. The average Bonchev–Trinajstić information content (AvgIpc) is 2.62. The van der Waals surface area contributed by atoms with Crippen molar-refractivity contribution in [2.45, 2.75) is 26.3 Å². The van der Waals surface area contributed by atoms with Crippen molar-refractivity contribution in [2.24, 2.45) is 5.92 Å². The highest BCUT2D eigenvalue weighted by atomic mass is 16.4. The molecule has 1 aliphatic heterocycles. The molecule has 0 radical (unpaired) electrons. The highest BCUT2D eigenvalue weighted by molar-refractivity contribution is 5.70. The molecule has 1 aromatic heterocycles. The van der Waals surface area contributed by atoms with E-state index in [2.05, 4.69) is 31.9 Å². The lowest BCUT2D eigenvalue weighted by molar-refractivity contribution is -0.142. The lowest BCUT2D eigenvalue weighted by Gasteiger charge is -2.31. The number of carbonyl (C=O) groups is 1. The fourth-order valence-electron chi connectivity index (χ4n) is 3.19. The lowest BCUT2D eigenvalue weighted by Crippen LogP contribution is -2.37. The number of carboxylic acid groups (broad SMARTS) is 1. The molecular formula is C19H24N4O2. The highest BCUT2D eigenvalue weighted by Crippen LogP contribution is 2.25. The summed E-state index contributed by atoms with van der Waals surface area (Å²) in [6, 6.07) is 12.3. The van der Waals surface area contributed by atoms with Gasteiger partial charge in [0.15, 0.2) is 0 Å². The minimum Gasteiger partial charge on any atom is -0.481 e. The van der Waals surface area contributed by atoms with Gasteiger partial charge in [0, 0.05) is 32.7 Å². The predicted octanol–water partition coefficient (Wildman–Crippen LogP) is 2.72. The summed E-state index contributed by atoms with van der Waals surface area (Å²) in [7, 11) is 2.02. The van der Waals surface area contributed by atoms with Crippen LogP contribution in [0.3, 0.4) is 0 Å². The molecule has 0 spiro atoms. The first-order valence-electron chi connectivity index (χ1n) is 8.61. The third kappa shape index (κ3) is 4.26. The Kier molecular flexibility index (Phi) is 5.16. The fraction of sp³-hybridized carbons (Fsp3) is 0.421. The quantitative estimate of drug-likeness (QED) is 0.902. The van der Waals surface area contributed by atoms with Crippen LogP contribution in [0.4, 0.5) is 11.6 Å². The number of aliphatic carboxylic acids is 1. The molecule has 6 nitrogen and oxygen atoms in total. The summed E-state index contributed by atoms with van der Waals surface area (Å²) in [5.74, 6) is 1.56. The SMILES string of the molecule is Cc1nc(N(C)Cc2ccccc2)cc(N2CCC(C(=O)O)CC2)n1. The topological polar surface area (TPSA) is 69.6 Å². The van der Waals surface area contributed by atoms with Crippen LogP contribution in [0.15, 0.2) is 36.4 Å². The van der Waals surface area contributed by atoms with E-state index in [-0.39, 0.29) is 5.92 Å². The third-order valence-corrected chi connectivity index (χ3v) is 4.63. The predicted molar refractivity (Wildman–Crippen MR) is 97.9 cm³/mol. The van der Waals surface area contributed by atoms with Gasteiger partial charge >= 0.3 is 5.97 Å². The molecule has 1 saturated heterocycles. The van der Waals surface area contributed by atoms with E-state index in [4.69, 9.17) is 5.11 Å². The Morgan fingerprint density at radius 2 is 1.92 bits per heavy atom. The standard InChI is InChI=1S/C19H24N4O2/c1-14-20-17(22(2)13-15-6-4-3-5-7-15)12-18(21-14)23-10-8-16(9-11-23)19(24)25/h3-7,12,16H,8-11,13H2,1-2H3,(H,24,25). The zero-order valence-electron chi connectivity index (χ0n) is 14.7. The van der Waals surface area contributed by atoms with Crippen molar-refractivity contribution in [2.75, 3.05) is 29.9 Å². The van der Waals surface area contributed by atoms with Gasteiger partial charge in [-0.15, -0.1) is 0 Å². The van der Waals surface area contributed by atoms with E-state index < -0.39 is 5.97 Å². The van der Waals surface area contributed by atoms with Gasteiger partial charge in [-0.3, -0.25) is 4.79 Å². The molecule has 1 aromatic carbocycles. The molecule has 0 bridgehead atoms. The molecule has 132 valence electrons. The van der Waals surface area contributed by atoms with Crippen LogP contribution in [-0.4, -0.2) is 41.2 Å². The first kappa shape index (κ1) is 17.2. The second-order valence-electron chi connectivity index (χ2n) is 6.57. The second kappa shape index (κ2) is 7.51. The number of aromatic nitrogens is 2. The third-order valence-electron chi connectivity index (χ3n) is 4.63. The first-order chi connectivity index (χ1) is 12.0. The van der Waals surface area contributed by atoms with Crippen molar-refractivity contribution in [1.82, 2.24) is 9.97 Å². The van der Waals surface area contributed by atoms with Gasteiger partial charge in [-0.05, 0) is 25.3 Å². The van der Waals surface area contributed by atoms with Gasteiger partial charge < -0.3 is 14.9 Å². The van der Waals surface area contributed by atoms with Gasteiger partial charge in [0.25, 0.3) is 0 Å². The summed E-state index contributed by atoms with van der Waals surface area (Å²) < 4.78 is 0. The minimum absolute atomic E-state index is 0.237. The van der Waals surface area contributed by atoms with Gasteiger partial charge in [-0.25, -0.2) is 9.97 Å². The number of anilines is 2. The number of nitrogens with zero attached hydrogens (tertiary/aromatic N) is 4. The number of hydrogen-bond acceptors (Lipinski definition) is 5. The molecule has 1 N–H and O–H groups in total. The highest BCUT2D eigenvalue weighted by Gasteiger charge is 2.25. The maximum atomic E-state index is 11.1. The van der Waals surface area contributed by atoms with Crippen LogP contribution < -0.4 is 9.80 Å². The maximum Gasteiger partial charge on any atom is 0.306 e. The number of aryl methyl sites for hydroxylation is 1. The van der Waals surface area contributed by atoms with Gasteiger partial charge in [0.2, 0.25) is 0 Å². The summed E-state index contributed by atoms with van der Waals surface area (Å²) in [6.45, 7) is 4.11. The number of hydrogen-bond donors (Lipinski definition) is 1. The molecule has 3 rings (SSSR count). The van der Waals surface area contributed by atoms with Crippen molar-refractivity contribution in [3.05, 3.63) is 47.8 Å². The minimum atomic E-state index is -0.693. The normalized spacial score (nSPS) is 15.2. The van der Waals surface area contributed by atoms with Gasteiger partial charge in [0.1, 0.15) is 17.5 Å². The van der Waals surface area contributed by atoms with Gasteiger partial charge in [-0.2, -0.15) is 0 Å². The molecule has 2 heterocycles. The van der Waals surface area contributed by atoms with E-state index >= 15 is 0 Å². The Bertz CT molecular complexity index is 727. The van der Waals surface area contributed by atoms with Crippen molar-refractivity contribution < 1.29 is 9.90 Å². The molecule has 0 saturated carbocycles. The second-order valence-corrected chi connectivity index (χ2v) is 6.57. The summed E-state index contributed by atoms with van der Waals surface area (Å²) in [6.07, 6.45) is 1.32. The van der Waals surface area contributed by atoms with Crippen LogP contribution in [0.5, 0.6) is 0 Å². The van der Waals surface area contributed by atoms with Crippen LogP contribution >= 0.6 is 0 Å². The van der Waals surface area contributed by atoms with Gasteiger partial charge in [0.05, 0.1) is 5.92 Å². The van der Waals surface area contributed by atoms with Crippen LogP contribution in [-0.2, 0) is 11.3 Å². The zero-order valence-corrected chi connectivity index (χ0v) is 14.7. The van der Waals surface area contributed by atoms with E-state index in [0.29, 0.717) is 12.8 Å². The number of carboxylic acids is 1. The Hall–Kier alpha value is -2.63. The molecule has 1 fully saturated rings. The molecule has 0 unspecified atom stereocenters. The molecule has 0 atom stereocenters. The molecule has 0 aliphatic carbocycles. The van der Waals surface area contributed by atoms with Crippen molar-refractivity contribution in [1.29, 1.82) is 0 Å². The van der Waals surface area contributed by atoms with Crippen molar-refractivity contribution in [3.8, 4) is 0 Å². The lowest BCUT2D eigenvalue weighted by atomic mass is 9.97. The summed E-state index contributed by atoms with van der Waals surface area (Å²) in [5, 5.41) is 9.15. The van der Waals surface area contributed by atoms with Crippen LogP contribution in [0, 0.1) is 12.8 Å². The molecule has 25 heavy (non-hydrogen) atoms. The molecule has 0 amide bonds. The van der Waals surface area contributed by atoms with E-state index in [9.17, 15) is 4.79 Å². The van der Waals surface area contributed by atoms with Gasteiger partial charge in [-0.1, -0.05) is 30.3 Å². The van der Waals surface area contributed by atoms with E-state index in [0.717, 1.165) is 37.1 Å². The first-order valence-corrected chi connectivity index (χ1v) is 8.61. The molecule has 2 aromatic rings. The van der Waals surface area contributed by atoms with Crippen LogP contribution in [0.25, 0.3) is 0 Å². The number of rotatable bonds is 5. The van der Waals surface area contributed by atoms with E-state index in [1.54, 1.807) is 0 Å². The van der Waals surface area contributed by atoms with E-state index in [1.165, 1.54) is 5.56 Å². The number of piperidine rings is 1. The Labute approximate surface area is 148 Å². The number of benzene rings is 1. The monoisotopic (exact) mass is 340 g/mol. The van der Waals surface area contributed by atoms with Crippen LogP contribution in [0.2, 0.25) is 0 Å².